The predicted molar refractivity (Wildman–Crippen MR) is 90.1 cm³/mol. The summed E-state index contributed by atoms with van der Waals surface area (Å²) in [6.45, 7) is 2.71. The fraction of sp³-hybridized carbons (Fsp3) is 0.389. The van der Waals surface area contributed by atoms with E-state index in [2.05, 4.69) is 27.5 Å². The zero-order chi connectivity index (χ0) is 16.9. The molecule has 2 heterocycles. The largest absolute Gasteiger partial charge is 0.348 e. The number of rotatable bonds is 4. The van der Waals surface area contributed by atoms with Crippen LogP contribution in [0.5, 0.6) is 0 Å². The second kappa shape index (κ2) is 7.28. The van der Waals surface area contributed by atoms with Crippen LogP contribution in [0.4, 0.5) is 0 Å². The van der Waals surface area contributed by atoms with Gasteiger partial charge in [0.05, 0.1) is 11.6 Å². The molecule has 1 fully saturated rings. The van der Waals surface area contributed by atoms with Crippen LogP contribution in [0.2, 0.25) is 0 Å². The van der Waals surface area contributed by atoms with Gasteiger partial charge in [-0.25, -0.2) is 0 Å². The molecule has 0 atom stereocenters. The van der Waals surface area contributed by atoms with Gasteiger partial charge in [-0.15, -0.1) is 0 Å². The summed E-state index contributed by atoms with van der Waals surface area (Å²) >= 11 is 0. The number of hydrogen-bond acceptors (Lipinski definition) is 4. The third kappa shape index (κ3) is 4.00. The number of hydrogen-bond donors (Lipinski definition) is 1. The van der Waals surface area contributed by atoms with Gasteiger partial charge in [0.15, 0.2) is 0 Å². The van der Waals surface area contributed by atoms with E-state index in [0.717, 1.165) is 38.0 Å². The molecular weight excluding hydrogens is 302 g/mol. The molecule has 124 valence electrons. The maximum Gasteiger partial charge on any atom is 0.271 e. The van der Waals surface area contributed by atoms with Crippen molar-refractivity contribution in [3.63, 3.8) is 0 Å². The summed E-state index contributed by atoms with van der Waals surface area (Å²) in [5.74, 6) is -0.101. The van der Waals surface area contributed by atoms with Crippen molar-refractivity contribution < 1.29 is 4.79 Å². The molecule has 0 aliphatic carbocycles. The minimum Gasteiger partial charge on any atom is -0.348 e. The van der Waals surface area contributed by atoms with Gasteiger partial charge < -0.3 is 5.32 Å². The average molecular weight is 323 g/mol. The molecule has 1 aliphatic rings. The van der Waals surface area contributed by atoms with E-state index in [1.807, 2.05) is 18.2 Å². The van der Waals surface area contributed by atoms with E-state index in [1.165, 1.54) is 0 Å². The molecule has 0 spiro atoms. The monoisotopic (exact) mass is 323 g/mol. The zero-order valence-corrected chi connectivity index (χ0v) is 13.8. The van der Waals surface area contributed by atoms with E-state index in [9.17, 15) is 4.79 Å². The van der Waals surface area contributed by atoms with E-state index >= 15 is 0 Å². The van der Waals surface area contributed by atoms with Crippen LogP contribution in [0, 0.1) is 11.3 Å². The Kier molecular flexibility index (Phi) is 4.92. The van der Waals surface area contributed by atoms with Crippen LogP contribution in [0.1, 0.15) is 34.5 Å². The molecule has 1 amide bonds. The highest BCUT2D eigenvalue weighted by Gasteiger charge is 2.22. The van der Waals surface area contributed by atoms with Gasteiger partial charge in [-0.3, -0.25) is 14.4 Å². The highest BCUT2D eigenvalue weighted by atomic mass is 16.2. The van der Waals surface area contributed by atoms with Crippen LogP contribution >= 0.6 is 0 Å². The molecule has 1 N–H and O–H groups in total. The van der Waals surface area contributed by atoms with Crippen LogP contribution in [0.3, 0.4) is 0 Å². The SMILES string of the molecule is Cn1ccc(C(=O)NC2CCN(Cc3cccc(C#N)c3)CC2)n1. The Morgan fingerprint density at radius 2 is 2.17 bits per heavy atom. The lowest BCUT2D eigenvalue weighted by Gasteiger charge is -2.32. The molecule has 6 nitrogen and oxygen atoms in total. The maximum atomic E-state index is 12.1. The lowest BCUT2D eigenvalue weighted by atomic mass is 10.0. The molecule has 0 bridgehead atoms. The number of nitrogens with one attached hydrogen (secondary N) is 1. The smallest absolute Gasteiger partial charge is 0.271 e. The van der Waals surface area contributed by atoms with Gasteiger partial charge in [0.25, 0.3) is 5.91 Å². The number of carbonyl (C=O) groups is 1. The first kappa shape index (κ1) is 16.2. The van der Waals surface area contributed by atoms with Gasteiger partial charge in [-0.05, 0) is 36.6 Å². The van der Waals surface area contributed by atoms with Crippen molar-refractivity contribution in [3.05, 3.63) is 53.3 Å². The maximum absolute atomic E-state index is 12.1. The lowest BCUT2D eigenvalue weighted by molar-refractivity contribution is 0.0903. The molecule has 0 unspecified atom stereocenters. The Balaban J connectivity index is 1.49. The molecule has 0 radical (unpaired) electrons. The molecule has 1 saturated heterocycles. The number of aryl methyl sites for hydroxylation is 1. The second-order valence-corrected chi connectivity index (χ2v) is 6.21. The van der Waals surface area contributed by atoms with Gasteiger partial charge in [-0.1, -0.05) is 12.1 Å². The van der Waals surface area contributed by atoms with Gasteiger partial charge in [0.2, 0.25) is 0 Å². The molecule has 24 heavy (non-hydrogen) atoms. The van der Waals surface area contributed by atoms with Gasteiger partial charge in [0.1, 0.15) is 5.69 Å². The Morgan fingerprint density at radius 1 is 1.38 bits per heavy atom. The summed E-state index contributed by atoms with van der Waals surface area (Å²) in [5, 5.41) is 16.2. The first-order chi connectivity index (χ1) is 11.6. The van der Waals surface area contributed by atoms with Crippen molar-refractivity contribution in [2.24, 2.45) is 7.05 Å². The van der Waals surface area contributed by atoms with Crippen molar-refractivity contribution in [2.45, 2.75) is 25.4 Å². The summed E-state index contributed by atoms with van der Waals surface area (Å²) in [5.41, 5.74) is 2.32. The van der Waals surface area contributed by atoms with Gasteiger partial charge in [0, 0.05) is 38.9 Å². The molecular formula is C18H21N5O. The number of nitrogens with zero attached hydrogens (tertiary/aromatic N) is 4. The molecule has 6 heteroatoms. The number of benzene rings is 1. The van der Waals surface area contributed by atoms with Crippen molar-refractivity contribution in [3.8, 4) is 6.07 Å². The number of likely N-dealkylation sites (tertiary alicyclic amines) is 1. The first-order valence-electron chi connectivity index (χ1n) is 8.16. The van der Waals surface area contributed by atoms with E-state index in [-0.39, 0.29) is 11.9 Å². The van der Waals surface area contributed by atoms with Gasteiger partial charge in [-0.2, -0.15) is 10.4 Å². The van der Waals surface area contributed by atoms with Crippen molar-refractivity contribution in [1.29, 1.82) is 5.26 Å². The van der Waals surface area contributed by atoms with Crippen LogP contribution in [-0.4, -0.2) is 39.7 Å². The molecule has 3 rings (SSSR count). The number of nitriles is 1. The average Bonchev–Trinajstić information content (AvgIpc) is 3.03. The van der Waals surface area contributed by atoms with Crippen molar-refractivity contribution >= 4 is 5.91 Å². The minimum atomic E-state index is -0.101. The Bertz CT molecular complexity index is 753. The predicted octanol–water partition coefficient (Wildman–Crippen LogP) is 1.69. The Morgan fingerprint density at radius 3 is 2.83 bits per heavy atom. The van der Waals surface area contributed by atoms with E-state index < -0.39 is 0 Å². The first-order valence-corrected chi connectivity index (χ1v) is 8.16. The van der Waals surface area contributed by atoms with Crippen LogP contribution in [-0.2, 0) is 13.6 Å². The van der Waals surface area contributed by atoms with Crippen molar-refractivity contribution in [2.75, 3.05) is 13.1 Å². The van der Waals surface area contributed by atoms with Crippen molar-refractivity contribution in [1.82, 2.24) is 20.0 Å². The fourth-order valence-electron chi connectivity index (χ4n) is 3.03. The summed E-state index contributed by atoms with van der Waals surface area (Å²) in [7, 11) is 1.80. The van der Waals surface area contributed by atoms with E-state index in [4.69, 9.17) is 5.26 Å². The zero-order valence-electron chi connectivity index (χ0n) is 13.8. The number of piperidine rings is 1. The highest BCUT2D eigenvalue weighted by molar-refractivity contribution is 5.92. The summed E-state index contributed by atoms with van der Waals surface area (Å²) in [4.78, 5) is 14.5. The third-order valence-corrected chi connectivity index (χ3v) is 4.33. The summed E-state index contributed by atoms with van der Waals surface area (Å²) in [6.07, 6.45) is 3.62. The molecule has 1 aromatic heterocycles. The minimum absolute atomic E-state index is 0.101. The molecule has 2 aromatic rings. The molecule has 1 aliphatic heterocycles. The standard InChI is InChI=1S/C18H21N5O/c1-22-8-7-17(21-22)18(24)20-16-5-9-23(10-6-16)13-15-4-2-3-14(11-15)12-19/h2-4,7-8,11,16H,5-6,9-10,13H2,1H3,(H,20,24). The lowest BCUT2D eigenvalue weighted by Crippen LogP contribution is -2.44. The van der Waals surface area contributed by atoms with Crippen LogP contribution in [0.25, 0.3) is 0 Å². The number of amides is 1. The molecule has 0 saturated carbocycles. The van der Waals surface area contributed by atoms with Crippen LogP contribution < -0.4 is 5.32 Å². The summed E-state index contributed by atoms with van der Waals surface area (Å²) in [6, 6.07) is 11.8. The van der Waals surface area contributed by atoms with E-state index in [0.29, 0.717) is 11.3 Å². The van der Waals surface area contributed by atoms with Crippen LogP contribution in [0.15, 0.2) is 36.5 Å². The Hall–Kier alpha value is -2.65. The quantitative estimate of drug-likeness (QED) is 0.929. The highest BCUT2D eigenvalue weighted by Crippen LogP contribution is 2.15. The van der Waals surface area contributed by atoms with E-state index in [1.54, 1.807) is 24.0 Å². The topological polar surface area (TPSA) is 74.0 Å². The number of aromatic nitrogens is 2. The Labute approximate surface area is 141 Å². The third-order valence-electron chi connectivity index (χ3n) is 4.33. The molecule has 1 aromatic carbocycles. The second-order valence-electron chi connectivity index (χ2n) is 6.21. The summed E-state index contributed by atoms with van der Waals surface area (Å²) < 4.78 is 1.63. The van der Waals surface area contributed by atoms with Gasteiger partial charge >= 0.3 is 0 Å². The number of carbonyl (C=O) groups excluding carboxylic acids is 1. The fourth-order valence-corrected chi connectivity index (χ4v) is 3.03. The normalized spacial score (nSPS) is 15.8.